The zero-order valence-electron chi connectivity index (χ0n) is 14.8. The Hall–Kier alpha value is -2.50. The average molecular weight is 332 g/mol. The smallest absolute Gasteiger partial charge is 0.265 e. The number of aromatic nitrogens is 1. The van der Waals surface area contributed by atoms with Crippen molar-refractivity contribution in [3.63, 3.8) is 0 Å². The van der Waals surface area contributed by atoms with E-state index in [0.717, 1.165) is 18.4 Å². The molecule has 6 heteroatoms. The second-order valence-corrected chi connectivity index (χ2v) is 5.82. The molecule has 0 radical (unpaired) electrons. The standard InChI is InChI=1S/C18H24N2O4/c1-6-18(3,7-2)12-8-9-13(22-4)15(16(12)23-5)17(21)20-14-10-11-19-24-14/h8-11H,6-7H2,1-5H3,(H,20,21). The summed E-state index contributed by atoms with van der Waals surface area (Å²) in [6.45, 7) is 6.42. The van der Waals surface area contributed by atoms with Gasteiger partial charge < -0.3 is 14.0 Å². The van der Waals surface area contributed by atoms with Crippen LogP contribution in [0.3, 0.4) is 0 Å². The van der Waals surface area contributed by atoms with Gasteiger partial charge in [0.05, 0.1) is 20.4 Å². The number of anilines is 1. The normalized spacial score (nSPS) is 11.2. The van der Waals surface area contributed by atoms with E-state index in [4.69, 9.17) is 14.0 Å². The third-order valence-corrected chi connectivity index (χ3v) is 4.66. The van der Waals surface area contributed by atoms with E-state index >= 15 is 0 Å². The van der Waals surface area contributed by atoms with Gasteiger partial charge in [0, 0.05) is 11.6 Å². The molecule has 0 unspecified atom stereocenters. The molecule has 0 fully saturated rings. The summed E-state index contributed by atoms with van der Waals surface area (Å²) in [5.74, 6) is 0.875. The molecule has 2 rings (SSSR count). The molecule has 6 nitrogen and oxygen atoms in total. The topological polar surface area (TPSA) is 73.6 Å². The predicted octanol–water partition coefficient (Wildman–Crippen LogP) is 4.02. The van der Waals surface area contributed by atoms with Crippen LogP contribution >= 0.6 is 0 Å². The van der Waals surface area contributed by atoms with Gasteiger partial charge in [-0.1, -0.05) is 32.0 Å². The van der Waals surface area contributed by atoms with Crippen LogP contribution in [0.25, 0.3) is 0 Å². The highest BCUT2D eigenvalue weighted by atomic mass is 16.5. The number of hydrogen-bond donors (Lipinski definition) is 1. The molecular weight excluding hydrogens is 308 g/mol. The minimum Gasteiger partial charge on any atom is -0.496 e. The van der Waals surface area contributed by atoms with Crippen molar-refractivity contribution in [2.45, 2.75) is 39.0 Å². The average Bonchev–Trinajstić information content (AvgIpc) is 3.12. The molecule has 1 aromatic heterocycles. The van der Waals surface area contributed by atoms with E-state index in [1.54, 1.807) is 19.2 Å². The van der Waals surface area contributed by atoms with Gasteiger partial charge in [-0.3, -0.25) is 10.1 Å². The van der Waals surface area contributed by atoms with Crippen LogP contribution in [0.5, 0.6) is 11.5 Å². The Morgan fingerprint density at radius 1 is 1.21 bits per heavy atom. The summed E-state index contributed by atoms with van der Waals surface area (Å²) in [7, 11) is 3.09. The lowest BCUT2D eigenvalue weighted by molar-refractivity contribution is 0.101. The lowest BCUT2D eigenvalue weighted by Crippen LogP contribution is -2.23. The SMILES string of the molecule is CCC(C)(CC)c1ccc(OC)c(C(=O)Nc2ccno2)c1OC. The van der Waals surface area contributed by atoms with E-state index in [-0.39, 0.29) is 17.2 Å². The van der Waals surface area contributed by atoms with Crippen molar-refractivity contribution in [3.8, 4) is 11.5 Å². The molecule has 0 bridgehead atoms. The first-order valence-electron chi connectivity index (χ1n) is 7.98. The third-order valence-electron chi connectivity index (χ3n) is 4.66. The predicted molar refractivity (Wildman–Crippen MR) is 91.9 cm³/mol. The molecule has 0 atom stereocenters. The van der Waals surface area contributed by atoms with E-state index in [1.807, 2.05) is 6.07 Å². The first kappa shape index (κ1) is 17.8. The summed E-state index contributed by atoms with van der Waals surface area (Å²) in [4.78, 5) is 12.8. The molecule has 1 heterocycles. The molecule has 0 aliphatic rings. The zero-order valence-corrected chi connectivity index (χ0v) is 14.8. The molecule has 0 saturated heterocycles. The van der Waals surface area contributed by atoms with Crippen LogP contribution in [0, 0.1) is 0 Å². The number of ether oxygens (including phenoxy) is 2. The highest BCUT2D eigenvalue weighted by molar-refractivity contribution is 6.08. The van der Waals surface area contributed by atoms with Crippen LogP contribution in [0.15, 0.2) is 28.9 Å². The Morgan fingerprint density at radius 2 is 1.92 bits per heavy atom. The highest BCUT2D eigenvalue weighted by Gasteiger charge is 2.31. The number of carbonyl (C=O) groups is 1. The zero-order chi connectivity index (χ0) is 17.7. The summed E-state index contributed by atoms with van der Waals surface area (Å²) in [5, 5.41) is 6.26. The number of hydrogen-bond acceptors (Lipinski definition) is 5. The van der Waals surface area contributed by atoms with Gasteiger partial charge in [0.25, 0.3) is 5.91 Å². The van der Waals surface area contributed by atoms with Crippen LogP contribution in [0.4, 0.5) is 5.88 Å². The molecule has 130 valence electrons. The molecule has 1 amide bonds. The monoisotopic (exact) mass is 332 g/mol. The summed E-state index contributed by atoms with van der Waals surface area (Å²) < 4.78 is 15.9. The largest absolute Gasteiger partial charge is 0.496 e. The first-order valence-corrected chi connectivity index (χ1v) is 7.98. The van der Waals surface area contributed by atoms with Crippen molar-refractivity contribution in [3.05, 3.63) is 35.5 Å². The molecule has 24 heavy (non-hydrogen) atoms. The van der Waals surface area contributed by atoms with Gasteiger partial charge in [0.1, 0.15) is 17.1 Å². The number of methoxy groups -OCH3 is 2. The number of benzene rings is 1. The fraction of sp³-hybridized carbons (Fsp3) is 0.444. The third kappa shape index (κ3) is 3.22. The van der Waals surface area contributed by atoms with Crippen LogP contribution < -0.4 is 14.8 Å². The van der Waals surface area contributed by atoms with Crippen LogP contribution in [0.1, 0.15) is 49.5 Å². The van der Waals surface area contributed by atoms with Crippen molar-refractivity contribution >= 4 is 11.8 Å². The number of nitrogens with zero attached hydrogens (tertiary/aromatic N) is 1. The van der Waals surface area contributed by atoms with Gasteiger partial charge in [0.2, 0.25) is 5.88 Å². The van der Waals surface area contributed by atoms with Crippen LogP contribution in [-0.4, -0.2) is 25.3 Å². The van der Waals surface area contributed by atoms with Crippen molar-refractivity contribution < 1.29 is 18.8 Å². The van der Waals surface area contributed by atoms with E-state index in [0.29, 0.717) is 17.1 Å². The number of amides is 1. The fourth-order valence-corrected chi connectivity index (χ4v) is 2.72. The Kier molecular flexibility index (Phi) is 5.49. The lowest BCUT2D eigenvalue weighted by Gasteiger charge is -2.30. The summed E-state index contributed by atoms with van der Waals surface area (Å²) >= 11 is 0. The van der Waals surface area contributed by atoms with E-state index in [1.165, 1.54) is 13.3 Å². The summed E-state index contributed by atoms with van der Waals surface area (Å²) in [6.07, 6.45) is 3.32. The lowest BCUT2D eigenvalue weighted by atomic mass is 9.76. The van der Waals surface area contributed by atoms with Crippen molar-refractivity contribution in [1.82, 2.24) is 5.16 Å². The maximum absolute atomic E-state index is 12.8. The fourth-order valence-electron chi connectivity index (χ4n) is 2.72. The minimum atomic E-state index is -0.364. The van der Waals surface area contributed by atoms with Gasteiger partial charge in [0.15, 0.2) is 0 Å². The quantitative estimate of drug-likeness (QED) is 0.829. The van der Waals surface area contributed by atoms with Gasteiger partial charge >= 0.3 is 0 Å². The molecule has 0 aliphatic heterocycles. The molecule has 1 N–H and O–H groups in total. The second-order valence-electron chi connectivity index (χ2n) is 5.82. The van der Waals surface area contributed by atoms with Gasteiger partial charge in [-0.15, -0.1) is 0 Å². The van der Waals surface area contributed by atoms with Crippen LogP contribution in [0.2, 0.25) is 0 Å². The Balaban J connectivity index is 2.57. The number of carbonyl (C=O) groups excluding carboxylic acids is 1. The van der Waals surface area contributed by atoms with Gasteiger partial charge in [-0.2, -0.15) is 0 Å². The Labute approximate surface area is 142 Å². The molecule has 1 aromatic carbocycles. The van der Waals surface area contributed by atoms with E-state index < -0.39 is 0 Å². The minimum absolute atomic E-state index is 0.0983. The Bertz CT molecular complexity index is 691. The maximum Gasteiger partial charge on any atom is 0.265 e. The molecule has 0 spiro atoms. The number of rotatable bonds is 7. The van der Waals surface area contributed by atoms with Crippen molar-refractivity contribution in [2.75, 3.05) is 19.5 Å². The molecular formula is C18H24N2O4. The summed E-state index contributed by atoms with van der Waals surface area (Å²) in [5.41, 5.74) is 1.24. The molecule has 0 aliphatic carbocycles. The second kappa shape index (κ2) is 7.38. The maximum atomic E-state index is 12.8. The number of nitrogens with one attached hydrogen (secondary N) is 1. The van der Waals surface area contributed by atoms with Crippen LogP contribution in [-0.2, 0) is 5.41 Å². The van der Waals surface area contributed by atoms with E-state index in [2.05, 4.69) is 31.2 Å². The van der Waals surface area contributed by atoms with Gasteiger partial charge in [-0.25, -0.2) is 0 Å². The first-order chi connectivity index (χ1) is 11.5. The molecule has 0 saturated carbocycles. The Morgan fingerprint density at radius 3 is 2.42 bits per heavy atom. The highest BCUT2D eigenvalue weighted by Crippen LogP contribution is 2.42. The molecule has 2 aromatic rings. The van der Waals surface area contributed by atoms with Crippen molar-refractivity contribution in [1.29, 1.82) is 0 Å². The van der Waals surface area contributed by atoms with E-state index in [9.17, 15) is 4.79 Å². The summed E-state index contributed by atoms with van der Waals surface area (Å²) in [6, 6.07) is 5.34. The van der Waals surface area contributed by atoms with Crippen molar-refractivity contribution in [2.24, 2.45) is 0 Å². The van der Waals surface area contributed by atoms with Gasteiger partial charge in [-0.05, 0) is 24.3 Å².